The van der Waals surface area contributed by atoms with Crippen LogP contribution in [-0.2, 0) is 16.1 Å². The normalized spacial score (nSPS) is 17.1. The van der Waals surface area contributed by atoms with Crippen molar-refractivity contribution in [2.75, 3.05) is 18.0 Å². The highest BCUT2D eigenvalue weighted by molar-refractivity contribution is 6.00. The summed E-state index contributed by atoms with van der Waals surface area (Å²) < 4.78 is 14.8. The van der Waals surface area contributed by atoms with Crippen molar-refractivity contribution in [1.82, 2.24) is 15.1 Å². The van der Waals surface area contributed by atoms with Crippen LogP contribution in [0.1, 0.15) is 18.4 Å². The van der Waals surface area contributed by atoms with E-state index in [0.29, 0.717) is 18.8 Å². The van der Waals surface area contributed by atoms with Gasteiger partial charge in [-0.15, -0.1) is 0 Å². The van der Waals surface area contributed by atoms with Gasteiger partial charge in [-0.2, -0.15) is 5.10 Å². The van der Waals surface area contributed by atoms with Crippen LogP contribution in [0.4, 0.5) is 10.1 Å². The molecule has 1 aromatic carbocycles. The number of amides is 2. The number of rotatable bonds is 6. The first-order valence-corrected chi connectivity index (χ1v) is 8.35. The third kappa shape index (κ3) is 4.23. The zero-order valence-electron chi connectivity index (χ0n) is 14.1. The van der Waals surface area contributed by atoms with Crippen LogP contribution in [0.2, 0.25) is 0 Å². The Morgan fingerprint density at radius 3 is 2.80 bits per heavy atom. The van der Waals surface area contributed by atoms with E-state index < -0.39 is 0 Å². The first-order chi connectivity index (χ1) is 12.0. The molecule has 0 bridgehead atoms. The van der Waals surface area contributed by atoms with Gasteiger partial charge in [-0.3, -0.25) is 14.3 Å². The summed E-state index contributed by atoms with van der Waals surface area (Å²) in [5, 5.41) is 7.08. The molecule has 1 atom stereocenters. The van der Waals surface area contributed by atoms with Gasteiger partial charge >= 0.3 is 0 Å². The Kier molecular flexibility index (Phi) is 5.11. The van der Waals surface area contributed by atoms with Crippen LogP contribution in [0.25, 0.3) is 0 Å². The molecular formula is C18H21FN4O2. The number of nitrogens with one attached hydrogen (secondary N) is 1. The van der Waals surface area contributed by atoms with Crippen LogP contribution < -0.4 is 10.2 Å². The van der Waals surface area contributed by atoms with Crippen molar-refractivity contribution in [2.45, 2.75) is 26.3 Å². The third-order valence-electron chi connectivity index (χ3n) is 4.26. The van der Waals surface area contributed by atoms with Gasteiger partial charge in [-0.05, 0) is 43.2 Å². The number of hydrogen-bond donors (Lipinski definition) is 1. The molecule has 7 heteroatoms. The Hall–Kier alpha value is -2.70. The lowest BCUT2D eigenvalue weighted by atomic mass is 10.1. The minimum absolute atomic E-state index is 0.112. The minimum Gasteiger partial charge on any atom is -0.356 e. The lowest BCUT2D eigenvalue weighted by molar-refractivity contribution is -0.126. The van der Waals surface area contributed by atoms with E-state index in [2.05, 4.69) is 10.4 Å². The number of nitrogens with zero attached hydrogens (tertiary/aromatic N) is 3. The Morgan fingerprint density at radius 2 is 2.12 bits per heavy atom. The Morgan fingerprint density at radius 1 is 1.36 bits per heavy atom. The fourth-order valence-electron chi connectivity index (χ4n) is 2.94. The van der Waals surface area contributed by atoms with Gasteiger partial charge in [-0.1, -0.05) is 0 Å². The smallest absolute Gasteiger partial charge is 0.227 e. The van der Waals surface area contributed by atoms with Crippen molar-refractivity contribution in [3.8, 4) is 0 Å². The van der Waals surface area contributed by atoms with Crippen molar-refractivity contribution >= 4 is 17.5 Å². The van der Waals surface area contributed by atoms with Crippen molar-refractivity contribution in [2.24, 2.45) is 5.92 Å². The largest absolute Gasteiger partial charge is 0.356 e. The number of hydrogen-bond acceptors (Lipinski definition) is 3. The zero-order chi connectivity index (χ0) is 17.8. The molecule has 2 amide bonds. The van der Waals surface area contributed by atoms with Gasteiger partial charge in [-0.25, -0.2) is 4.39 Å². The number of aryl methyl sites for hydroxylation is 2. The summed E-state index contributed by atoms with van der Waals surface area (Å²) in [5.74, 6) is -0.949. The molecule has 0 saturated carbocycles. The van der Waals surface area contributed by atoms with Crippen molar-refractivity contribution < 1.29 is 14.0 Å². The van der Waals surface area contributed by atoms with Gasteiger partial charge in [0.25, 0.3) is 0 Å². The summed E-state index contributed by atoms with van der Waals surface area (Å²) in [4.78, 5) is 25.9. The van der Waals surface area contributed by atoms with Crippen LogP contribution >= 0.6 is 0 Å². The Bertz CT molecular complexity index is 757. The summed E-state index contributed by atoms with van der Waals surface area (Å²) >= 11 is 0. The number of carbonyl (C=O) groups is 2. The standard InChI is InChI=1S/C18H21FN4O2/c1-13-10-21-22(11-13)8-2-7-20-18(25)14-9-17(24)23(12-14)16-5-3-15(19)4-6-16/h3-6,10-11,14H,2,7-9,12H2,1H3,(H,20,25)/t14-/m0/s1. The highest BCUT2D eigenvalue weighted by atomic mass is 19.1. The second-order valence-electron chi connectivity index (χ2n) is 6.31. The second kappa shape index (κ2) is 7.46. The summed E-state index contributed by atoms with van der Waals surface area (Å²) in [6.07, 6.45) is 4.71. The molecule has 2 heterocycles. The monoisotopic (exact) mass is 344 g/mol. The van der Waals surface area contributed by atoms with Crippen LogP contribution in [0.5, 0.6) is 0 Å². The lowest BCUT2D eigenvalue weighted by Gasteiger charge is -2.16. The summed E-state index contributed by atoms with van der Waals surface area (Å²) in [7, 11) is 0. The first-order valence-electron chi connectivity index (χ1n) is 8.35. The maximum atomic E-state index is 13.0. The molecular weight excluding hydrogens is 323 g/mol. The molecule has 1 aromatic heterocycles. The second-order valence-corrected chi connectivity index (χ2v) is 6.31. The average Bonchev–Trinajstić information content (AvgIpc) is 3.18. The quantitative estimate of drug-likeness (QED) is 0.814. The molecule has 1 N–H and O–H groups in total. The lowest BCUT2D eigenvalue weighted by Crippen LogP contribution is -2.33. The average molecular weight is 344 g/mol. The fourth-order valence-corrected chi connectivity index (χ4v) is 2.94. The van der Waals surface area contributed by atoms with Crippen molar-refractivity contribution in [3.05, 3.63) is 48.0 Å². The summed E-state index contributed by atoms with van der Waals surface area (Å²) in [6, 6.07) is 5.74. The van der Waals surface area contributed by atoms with Crippen LogP contribution in [0, 0.1) is 18.7 Å². The van der Waals surface area contributed by atoms with E-state index in [1.807, 2.05) is 17.8 Å². The molecule has 132 valence electrons. The topological polar surface area (TPSA) is 67.2 Å². The number of anilines is 1. The zero-order valence-corrected chi connectivity index (χ0v) is 14.1. The molecule has 1 aliphatic heterocycles. The number of benzene rings is 1. The van der Waals surface area contributed by atoms with Crippen molar-refractivity contribution in [1.29, 1.82) is 0 Å². The van der Waals surface area contributed by atoms with E-state index in [0.717, 1.165) is 18.5 Å². The van der Waals surface area contributed by atoms with Crippen LogP contribution in [0.3, 0.4) is 0 Å². The van der Waals surface area contributed by atoms with Crippen LogP contribution in [0.15, 0.2) is 36.7 Å². The SMILES string of the molecule is Cc1cnn(CCCNC(=O)[C@H]2CC(=O)N(c3ccc(F)cc3)C2)c1. The molecule has 6 nitrogen and oxygen atoms in total. The number of halogens is 1. The number of carbonyl (C=O) groups excluding carboxylic acids is 2. The molecule has 25 heavy (non-hydrogen) atoms. The van der Waals surface area contributed by atoms with E-state index in [1.54, 1.807) is 18.3 Å². The van der Waals surface area contributed by atoms with Gasteiger partial charge in [0.05, 0.1) is 12.1 Å². The Balaban J connectivity index is 1.46. The summed E-state index contributed by atoms with van der Waals surface area (Å²) in [5.41, 5.74) is 1.73. The van der Waals surface area contributed by atoms with Gasteiger partial charge in [0.15, 0.2) is 0 Å². The van der Waals surface area contributed by atoms with E-state index in [-0.39, 0.29) is 30.0 Å². The molecule has 1 fully saturated rings. The minimum atomic E-state index is -0.371. The first kappa shape index (κ1) is 17.1. The van der Waals surface area contributed by atoms with Crippen LogP contribution in [-0.4, -0.2) is 34.7 Å². The van der Waals surface area contributed by atoms with E-state index >= 15 is 0 Å². The van der Waals surface area contributed by atoms with E-state index in [1.165, 1.54) is 17.0 Å². The molecule has 0 radical (unpaired) electrons. The molecule has 0 unspecified atom stereocenters. The molecule has 1 saturated heterocycles. The van der Waals surface area contributed by atoms with Gasteiger partial charge in [0.1, 0.15) is 5.82 Å². The number of aromatic nitrogens is 2. The maximum absolute atomic E-state index is 13.0. The van der Waals surface area contributed by atoms with E-state index in [9.17, 15) is 14.0 Å². The van der Waals surface area contributed by atoms with Gasteiger partial charge < -0.3 is 10.2 Å². The van der Waals surface area contributed by atoms with Gasteiger partial charge in [0, 0.05) is 37.9 Å². The molecule has 3 rings (SSSR count). The van der Waals surface area contributed by atoms with Gasteiger partial charge in [0.2, 0.25) is 11.8 Å². The molecule has 0 aliphatic carbocycles. The Labute approximate surface area is 145 Å². The van der Waals surface area contributed by atoms with E-state index in [4.69, 9.17) is 0 Å². The molecule has 1 aliphatic rings. The fraction of sp³-hybridized carbons (Fsp3) is 0.389. The third-order valence-corrected chi connectivity index (χ3v) is 4.26. The predicted octanol–water partition coefficient (Wildman–Crippen LogP) is 1.89. The maximum Gasteiger partial charge on any atom is 0.227 e. The predicted molar refractivity (Wildman–Crippen MR) is 91.5 cm³/mol. The highest BCUT2D eigenvalue weighted by Crippen LogP contribution is 2.25. The summed E-state index contributed by atoms with van der Waals surface area (Å²) in [6.45, 7) is 3.59. The molecule has 0 spiro atoms. The molecule has 2 aromatic rings. The van der Waals surface area contributed by atoms with Crippen molar-refractivity contribution in [3.63, 3.8) is 0 Å². The highest BCUT2D eigenvalue weighted by Gasteiger charge is 2.34.